The van der Waals surface area contributed by atoms with Gasteiger partial charge in [0.15, 0.2) is 9.84 Å². The first-order chi connectivity index (χ1) is 15.9. The molecule has 0 saturated carbocycles. The minimum absolute atomic E-state index is 0.00706. The molecule has 0 N–H and O–H groups in total. The van der Waals surface area contributed by atoms with Crippen LogP contribution in [0.4, 0.5) is 0 Å². The van der Waals surface area contributed by atoms with Crippen LogP contribution in [0.15, 0.2) is 101 Å². The molecule has 0 saturated heterocycles. The second-order valence-electron chi connectivity index (χ2n) is 7.94. The van der Waals surface area contributed by atoms with Crippen LogP contribution < -0.4 is 0 Å². The zero-order valence-electron chi connectivity index (χ0n) is 18.2. The van der Waals surface area contributed by atoms with Crippen molar-refractivity contribution >= 4 is 21.5 Å². The summed E-state index contributed by atoms with van der Waals surface area (Å²) in [5.74, 6) is -1.01. The minimum atomic E-state index is -3.68. The zero-order valence-corrected chi connectivity index (χ0v) is 19.0. The zero-order chi connectivity index (χ0) is 23.3. The number of sulfone groups is 1. The van der Waals surface area contributed by atoms with Crippen molar-refractivity contribution < 1.29 is 22.8 Å². The van der Waals surface area contributed by atoms with Crippen molar-refractivity contribution in [3.05, 3.63) is 102 Å². The van der Waals surface area contributed by atoms with E-state index in [1.54, 1.807) is 42.5 Å². The van der Waals surface area contributed by atoms with Crippen molar-refractivity contribution in [2.45, 2.75) is 36.4 Å². The van der Waals surface area contributed by atoms with Crippen LogP contribution in [0.5, 0.6) is 0 Å². The van der Waals surface area contributed by atoms with Gasteiger partial charge in [0, 0.05) is 12.3 Å². The van der Waals surface area contributed by atoms with Crippen molar-refractivity contribution in [2.24, 2.45) is 5.16 Å². The Balaban J connectivity index is 1.47. The molecule has 1 heterocycles. The number of rotatable bonds is 8. The Kier molecular flexibility index (Phi) is 6.89. The molecule has 170 valence electrons. The Morgan fingerprint density at radius 1 is 0.939 bits per heavy atom. The van der Waals surface area contributed by atoms with Crippen LogP contribution in [-0.4, -0.2) is 32.0 Å². The molecule has 1 aliphatic heterocycles. The van der Waals surface area contributed by atoms with Crippen LogP contribution >= 0.6 is 0 Å². The molecule has 1 aliphatic rings. The van der Waals surface area contributed by atoms with E-state index in [9.17, 15) is 13.2 Å². The fourth-order valence-electron chi connectivity index (χ4n) is 3.72. The second kappa shape index (κ2) is 10.0. The molecule has 0 aromatic heterocycles. The number of hydrogen-bond donors (Lipinski definition) is 0. The van der Waals surface area contributed by atoms with E-state index in [-0.39, 0.29) is 16.6 Å². The molecule has 3 aromatic rings. The predicted molar refractivity (Wildman–Crippen MR) is 126 cm³/mol. The van der Waals surface area contributed by atoms with Crippen molar-refractivity contribution in [2.75, 3.05) is 5.75 Å². The normalized spacial score (nSPS) is 17.5. The molecule has 0 fully saturated rings. The average Bonchev–Trinajstić information content (AvgIpc) is 3.35. The molecule has 0 bridgehead atoms. The van der Waals surface area contributed by atoms with E-state index in [2.05, 4.69) is 5.16 Å². The number of oxime groups is 1. The smallest absolute Gasteiger partial charge is 0.351 e. The van der Waals surface area contributed by atoms with Gasteiger partial charge in [-0.3, -0.25) is 0 Å². The van der Waals surface area contributed by atoms with Crippen molar-refractivity contribution in [1.29, 1.82) is 0 Å². The first-order valence-corrected chi connectivity index (χ1v) is 12.4. The summed E-state index contributed by atoms with van der Waals surface area (Å²) in [5.41, 5.74) is 2.42. The molecule has 1 unspecified atom stereocenters. The maximum atomic E-state index is 13.0. The van der Waals surface area contributed by atoms with Gasteiger partial charge in [-0.2, -0.15) is 0 Å². The van der Waals surface area contributed by atoms with Crippen molar-refractivity contribution in [3.8, 4) is 0 Å². The summed E-state index contributed by atoms with van der Waals surface area (Å²) in [7, 11) is -3.68. The van der Waals surface area contributed by atoms with E-state index in [1.165, 1.54) is 12.1 Å². The highest BCUT2D eigenvalue weighted by atomic mass is 32.2. The van der Waals surface area contributed by atoms with Gasteiger partial charge in [-0.25, -0.2) is 13.2 Å². The van der Waals surface area contributed by atoms with Gasteiger partial charge in [-0.15, -0.1) is 0 Å². The van der Waals surface area contributed by atoms with Gasteiger partial charge < -0.3 is 9.57 Å². The third-order valence-electron chi connectivity index (χ3n) is 5.66. The fraction of sp³-hybridized carbons (Fsp3) is 0.231. The Bertz CT molecular complexity index is 1210. The molecule has 4 rings (SSSR count). The van der Waals surface area contributed by atoms with Gasteiger partial charge in [0.1, 0.15) is 6.10 Å². The Labute approximate surface area is 193 Å². The topological polar surface area (TPSA) is 82.0 Å². The standard InChI is InChI=1S/C26H25NO5S/c1-19(20-11-5-2-6-12-20)23-17-24(32-27-23)26(28)31-25(21-13-7-3-8-14-21)18-33(29,30)22-15-9-4-10-16-22/h2-16,19,24-25H,17-18H2,1H3/t19-,24?,25+/m1/s1. The minimum Gasteiger partial charge on any atom is -0.454 e. The van der Waals surface area contributed by atoms with Gasteiger partial charge in [-0.05, 0) is 23.3 Å². The van der Waals surface area contributed by atoms with E-state index >= 15 is 0 Å². The van der Waals surface area contributed by atoms with Crippen LogP contribution in [0, 0.1) is 0 Å². The van der Waals surface area contributed by atoms with Gasteiger partial charge >= 0.3 is 5.97 Å². The molecule has 6 nitrogen and oxygen atoms in total. The lowest BCUT2D eigenvalue weighted by Crippen LogP contribution is -2.28. The SMILES string of the molecule is C[C@@H](C1=NOC(C(=O)O[C@@H](CS(=O)(=O)c2ccccc2)c2ccccc2)C1)c1ccccc1. The maximum absolute atomic E-state index is 13.0. The largest absolute Gasteiger partial charge is 0.454 e. The molecular formula is C26H25NO5S. The molecular weight excluding hydrogens is 438 g/mol. The van der Waals surface area contributed by atoms with Crippen LogP contribution in [0.2, 0.25) is 0 Å². The summed E-state index contributed by atoms with van der Waals surface area (Å²) < 4.78 is 31.6. The molecule has 7 heteroatoms. The van der Waals surface area contributed by atoms with Gasteiger partial charge in [0.25, 0.3) is 0 Å². The van der Waals surface area contributed by atoms with E-state index in [1.807, 2.05) is 43.3 Å². The Hall–Kier alpha value is -3.45. The van der Waals surface area contributed by atoms with Crippen LogP contribution in [-0.2, 0) is 24.2 Å². The highest BCUT2D eigenvalue weighted by Gasteiger charge is 2.35. The molecule has 33 heavy (non-hydrogen) atoms. The number of nitrogens with zero attached hydrogens (tertiary/aromatic N) is 1. The molecule has 0 radical (unpaired) electrons. The monoisotopic (exact) mass is 463 g/mol. The molecule has 3 aromatic carbocycles. The summed E-state index contributed by atoms with van der Waals surface area (Å²) in [6.45, 7) is 2.00. The summed E-state index contributed by atoms with van der Waals surface area (Å²) in [5, 5.41) is 4.11. The number of benzene rings is 3. The predicted octanol–water partition coefficient (Wildman–Crippen LogP) is 4.69. The van der Waals surface area contributed by atoms with E-state index in [4.69, 9.17) is 9.57 Å². The molecule has 0 spiro atoms. The molecule has 3 atom stereocenters. The Morgan fingerprint density at radius 3 is 2.09 bits per heavy atom. The summed E-state index contributed by atoms with van der Waals surface area (Å²) in [6, 6.07) is 26.8. The van der Waals surface area contributed by atoms with Crippen LogP contribution in [0.25, 0.3) is 0 Å². The number of carbonyl (C=O) groups is 1. The second-order valence-corrected chi connectivity index (χ2v) is 9.98. The highest BCUT2D eigenvalue weighted by molar-refractivity contribution is 7.91. The number of esters is 1. The van der Waals surface area contributed by atoms with Gasteiger partial charge in [0.2, 0.25) is 6.10 Å². The lowest BCUT2D eigenvalue weighted by molar-refractivity contribution is -0.160. The quantitative estimate of drug-likeness (QED) is 0.453. The van der Waals surface area contributed by atoms with E-state index in [0.717, 1.165) is 11.3 Å². The Morgan fingerprint density at radius 2 is 1.48 bits per heavy atom. The molecule has 0 aliphatic carbocycles. The number of carbonyl (C=O) groups excluding carboxylic acids is 1. The lowest BCUT2D eigenvalue weighted by Gasteiger charge is -2.20. The summed E-state index contributed by atoms with van der Waals surface area (Å²) in [6.07, 6.45) is -1.58. The maximum Gasteiger partial charge on any atom is 0.351 e. The van der Waals surface area contributed by atoms with Crippen LogP contribution in [0.3, 0.4) is 0 Å². The number of hydrogen-bond acceptors (Lipinski definition) is 6. The molecule has 0 amide bonds. The van der Waals surface area contributed by atoms with E-state index < -0.39 is 28.0 Å². The average molecular weight is 464 g/mol. The lowest BCUT2D eigenvalue weighted by atomic mass is 9.93. The third kappa shape index (κ3) is 5.49. The first-order valence-electron chi connectivity index (χ1n) is 10.7. The van der Waals surface area contributed by atoms with E-state index in [0.29, 0.717) is 12.0 Å². The third-order valence-corrected chi connectivity index (χ3v) is 7.39. The summed E-state index contributed by atoms with van der Waals surface area (Å²) >= 11 is 0. The number of ether oxygens (including phenoxy) is 1. The van der Waals surface area contributed by atoms with Crippen LogP contribution in [0.1, 0.15) is 36.5 Å². The fourth-order valence-corrected chi connectivity index (χ4v) is 5.14. The van der Waals surface area contributed by atoms with Gasteiger partial charge in [-0.1, -0.05) is 90.9 Å². The highest BCUT2D eigenvalue weighted by Crippen LogP contribution is 2.28. The van der Waals surface area contributed by atoms with Crippen molar-refractivity contribution in [1.82, 2.24) is 0 Å². The van der Waals surface area contributed by atoms with Crippen molar-refractivity contribution in [3.63, 3.8) is 0 Å². The first kappa shape index (κ1) is 22.7. The van der Waals surface area contributed by atoms with Gasteiger partial charge in [0.05, 0.1) is 16.4 Å². The summed E-state index contributed by atoms with van der Waals surface area (Å²) in [4.78, 5) is 18.5.